The molecule has 0 fully saturated rings. The molecule has 0 saturated carbocycles. The summed E-state index contributed by atoms with van der Waals surface area (Å²) in [5, 5.41) is 0. The first-order valence-electron chi connectivity index (χ1n) is 2.88. The fourth-order valence-corrected chi connectivity index (χ4v) is 0.607. The summed E-state index contributed by atoms with van der Waals surface area (Å²) in [5.41, 5.74) is 6.25. The van der Waals surface area contributed by atoms with Crippen LogP contribution in [0.4, 0.5) is 0 Å². The Kier molecular flexibility index (Phi) is 4.80. The van der Waals surface area contributed by atoms with Gasteiger partial charge in [0.2, 0.25) is 0 Å². The zero-order valence-corrected chi connectivity index (χ0v) is 6.34. The summed E-state index contributed by atoms with van der Waals surface area (Å²) in [6, 6.07) is 0. The van der Waals surface area contributed by atoms with Crippen LogP contribution >= 0.6 is 12.4 Å². The lowest BCUT2D eigenvalue weighted by atomic mass is 10.3. The van der Waals surface area contributed by atoms with E-state index in [0.717, 1.165) is 12.1 Å². The Morgan fingerprint density at radius 1 is 1.40 bits per heavy atom. The maximum absolute atomic E-state index is 5.29. The van der Waals surface area contributed by atoms with Crippen LogP contribution in [0.5, 0.6) is 0 Å². The van der Waals surface area contributed by atoms with E-state index in [4.69, 9.17) is 5.73 Å². The van der Waals surface area contributed by atoms with Crippen molar-refractivity contribution in [2.24, 2.45) is 5.73 Å². The zero-order chi connectivity index (χ0) is 6.53. The van der Waals surface area contributed by atoms with Gasteiger partial charge in [-0.05, 0) is 6.54 Å². The molecular weight excluding hydrogens is 150 g/mol. The highest BCUT2D eigenvalue weighted by Crippen LogP contribution is 1.87. The van der Waals surface area contributed by atoms with Gasteiger partial charge in [-0.1, -0.05) is 0 Å². The first-order chi connectivity index (χ1) is 4.43. The summed E-state index contributed by atoms with van der Waals surface area (Å²) in [6.07, 6.45) is 5.87. The van der Waals surface area contributed by atoms with Crippen molar-refractivity contribution in [1.29, 1.82) is 0 Å². The first kappa shape index (κ1) is 9.33. The van der Waals surface area contributed by atoms with E-state index >= 15 is 0 Å². The predicted molar refractivity (Wildman–Crippen MR) is 42.0 cm³/mol. The fourth-order valence-electron chi connectivity index (χ4n) is 0.607. The minimum absolute atomic E-state index is 0. The molecule has 1 rings (SSSR count). The van der Waals surface area contributed by atoms with E-state index in [-0.39, 0.29) is 12.4 Å². The number of halogens is 1. The van der Waals surface area contributed by atoms with Gasteiger partial charge in [-0.15, -0.1) is 12.4 Å². The smallest absolute Gasteiger partial charge is 0.0599 e. The summed E-state index contributed by atoms with van der Waals surface area (Å²) < 4.78 is 0. The maximum Gasteiger partial charge on any atom is 0.0599 e. The van der Waals surface area contributed by atoms with Gasteiger partial charge in [-0.2, -0.15) is 0 Å². The Balaban J connectivity index is 0.000000810. The third-order valence-electron chi connectivity index (χ3n) is 1.02. The Morgan fingerprint density at radius 2 is 2.20 bits per heavy atom. The van der Waals surface area contributed by atoms with Crippen molar-refractivity contribution in [2.45, 2.75) is 6.42 Å². The van der Waals surface area contributed by atoms with Crippen LogP contribution in [0.25, 0.3) is 0 Å². The van der Waals surface area contributed by atoms with Crippen molar-refractivity contribution in [3.63, 3.8) is 0 Å². The third-order valence-corrected chi connectivity index (χ3v) is 1.02. The van der Waals surface area contributed by atoms with Gasteiger partial charge in [-0.25, -0.2) is 0 Å². The lowest BCUT2D eigenvalue weighted by molar-refractivity contribution is 0.908. The van der Waals surface area contributed by atoms with Crippen LogP contribution in [0.1, 0.15) is 5.69 Å². The Morgan fingerprint density at radius 3 is 2.70 bits per heavy atom. The summed E-state index contributed by atoms with van der Waals surface area (Å²) in [5.74, 6) is 0. The predicted octanol–water partition coefficient (Wildman–Crippen LogP) is 0.400. The molecule has 0 saturated heterocycles. The Labute approximate surface area is 66.1 Å². The van der Waals surface area contributed by atoms with Gasteiger partial charge >= 0.3 is 0 Å². The standard InChI is InChI=1S/C6H9N3.ClH/c7-2-1-6-5-8-3-4-9-6;/h3-5H,1-2,7H2;1H. The molecule has 1 aromatic rings. The first-order valence-corrected chi connectivity index (χ1v) is 2.88. The zero-order valence-electron chi connectivity index (χ0n) is 5.53. The molecule has 0 aliphatic rings. The monoisotopic (exact) mass is 159 g/mol. The molecule has 0 unspecified atom stereocenters. The molecule has 1 aromatic heterocycles. The van der Waals surface area contributed by atoms with E-state index in [1.165, 1.54) is 0 Å². The summed E-state index contributed by atoms with van der Waals surface area (Å²) in [4.78, 5) is 7.91. The average molecular weight is 160 g/mol. The fraction of sp³-hybridized carbons (Fsp3) is 0.333. The van der Waals surface area contributed by atoms with Crippen molar-refractivity contribution in [2.75, 3.05) is 6.54 Å². The molecule has 0 aliphatic heterocycles. The van der Waals surface area contributed by atoms with Crippen LogP contribution in [-0.4, -0.2) is 16.5 Å². The average Bonchev–Trinajstić information content (AvgIpc) is 1.91. The van der Waals surface area contributed by atoms with Crippen LogP contribution in [0.3, 0.4) is 0 Å². The van der Waals surface area contributed by atoms with Crippen LogP contribution in [-0.2, 0) is 6.42 Å². The quantitative estimate of drug-likeness (QED) is 0.680. The van der Waals surface area contributed by atoms with Gasteiger partial charge in [0.1, 0.15) is 0 Å². The SMILES string of the molecule is Cl.NCCc1cnccn1. The molecule has 0 bridgehead atoms. The van der Waals surface area contributed by atoms with Gasteiger partial charge in [-0.3, -0.25) is 9.97 Å². The second-order valence-electron chi connectivity index (χ2n) is 1.74. The van der Waals surface area contributed by atoms with Crippen LogP contribution < -0.4 is 5.73 Å². The van der Waals surface area contributed by atoms with Gasteiger partial charge in [0, 0.05) is 25.0 Å². The van der Waals surface area contributed by atoms with E-state index in [2.05, 4.69) is 9.97 Å². The number of hydrogen-bond donors (Lipinski definition) is 1. The summed E-state index contributed by atoms with van der Waals surface area (Å²) in [7, 11) is 0. The van der Waals surface area contributed by atoms with Gasteiger partial charge in [0.15, 0.2) is 0 Å². The van der Waals surface area contributed by atoms with Gasteiger partial charge in [0.05, 0.1) is 5.69 Å². The second kappa shape index (κ2) is 5.14. The molecule has 10 heavy (non-hydrogen) atoms. The molecule has 0 amide bonds. The molecule has 0 atom stereocenters. The molecule has 2 N–H and O–H groups in total. The van der Waals surface area contributed by atoms with Crippen molar-refractivity contribution in [3.8, 4) is 0 Å². The summed E-state index contributed by atoms with van der Waals surface area (Å²) in [6.45, 7) is 0.638. The minimum Gasteiger partial charge on any atom is -0.330 e. The number of rotatable bonds is 2. The van der Waals surface area contributed by atoms with E-state index in [0.29, 0.717) is 6.54 Å². The molecule has 56 valence electrons. The Bertz CT molecular complexity index is 166. The van der Waals surface area contributed by atoms with E-state index in [9.17, 15) is 0 Å². The maximum atomic E-state index is 5.29. The highest BCUT2D eigenvalue weighted by Gasteiger charge is 1.87. The molecule has 3 nitrogen and oxygen atoms in total. The van der Waals surface area contributed by atoms with Crippen molar-refractivity contribution >= 4 is 12.4 Å². The van der Waals surface area contributed by atoms with Crippen LogP contribution in [0.2, 0.25) is 0 Å². The highest BCUT2D eigenvalue weighted by atomic mass is 35.5. The number of aromatic nitrogens is 2. The summed E-state index contributed by atoms with van der Waals surface area (Å²) >= 11 is 0. The lowest BCUT2D eigenvalue weighted by Gasteiger charge is -1.92. The van der Waals surface area contributed by atoms with Crippen molar-refractivity contribution in [1.82, 2.24) is 9.97 Å². The van der Waals surface area contributed by atoms with Gasteiger partial charge in [0.25, 0.3) is 0 Å². The van der Waals surface area contributed by atoms with E-state index in [1.807, 2.05) is 0 Å². The van der Waals surface area contributed by atoms with E-state index < -0.39 is 0 Å². The molecule has 4 heteroatoms. The largest absolute Gasteiger partial charge is 0.330 e. The number of hydrogen-bond acceptors (Lipinski definition) is 3. The number of nitrogens with zero attached hydrogens (tertiary/aromatic N) is 2. The van der Waals surface area contributed by atoms with Crippen molar-refractivity contribution in [3.05, 3.63) is 24.3 Å². The van der Waals surface area contributed by atoms with Crippen molar-refractivity contribution < 1.29 is 0 Å². The molecule has 0 spiro atoms. The normalized spacial score (nSPS) is 8.50. The van der Waals surface area contributed by atoms with Gasteiger partial charge < -0.3 is 5.73 Å². The molecule has 0 aliphatic carbocycles. The topological polar surface area (TPSA) is 51.8 Å². The lowest BCUT2D eigenvalue weighted by Crippen LogP contribution is -2.04. The molecule has 0 aromatic carbocycles. The third kappa shape index (κ3) is 2.75. The molecular formula is C6H10ClN3. The second-order valence-corrected chi connectivity index (χ2v) is 1.74. The molecule has 0 radical (unpaired) electrons. The van der Waals surface area contributed by atoms with Crippen LogP contribution in [0.15, 0.2) is 18.6 Å². The minimum atomic E-state index is 0. The molecule has 1 heterocycles. The Hall–Kier alpha value is -0.670. The van der Waals surface area contributed by atoms with Crippen LogP contribution in [0, 0.1) is 0 Å². The number of nitrogens with two attached hydrogens (primary N) is 1. The highest BCUT2D eigenvalue weighted by molar-refractivity contribution is 5.85. The van der Waals surface area contributed by atoms with E-state index in [1.54, 1.807) is 18.6 Å².